The standard InChI is InChI=1S/C46H26/c1-6-16-37(17-7-1)26-31-42-36-43(32-27-38-18-8-2-9-19-38)45(34-29-40-22-12-4-13-23-40)46(35-30-41-24-14-5-15-25-41)44(42)33-28-39-20-10-3-11-21-39/h1-25,36H. The van der Waals surface area contributed by atoms with Crippen molar-refractivity contribution in [1.29, 1.82) is 0 Å². The SMILES string of the molecule is C(#Cc1cc(C#Cc2ccccc2)c(C#Cc2ccccc2)c(C#Cc2ccccc2)c1C#Cc1ccccc1)c1ccccc1. The second-order valence-electron chi connectivity index (χ2n) is 10.2. The third kappa shape index (κ3) is 7.94. The molecule has 0 radical (unpaired) electrons. The quantitative estimate of drug-likeness (QED) is 0.158. The number of hydrogen-bond donors (Lipinski definition) is 0. The smallest absolute Gasteiger partial charge is 0.0587 e. The lowest BCUT2D eigenvalue weighted by Crippen LogP contribution is -2.00. The van der Waals surface area contributed by atoms with Crippen molar-refractivity contribution in [3.63, 3.8) is 0 Å². The van der Waals surface area contributed by atoms with Crippen LogP contribution in [0.2, 0.25) is 0 Å². The Labute approximate surface area is 271 Å². The molecule has 0 aliphatic heterocycles. The summed E-state index contributed by atoms with van der Waals surface area (Å²) in [6.45, 7) is 0. The van der Waals surface area contributed by atoms with E-state index in [9.17, 15) is 0 Å². The van der Waals surface area contributed by atoms with E-state index in [1.807, 2.05) is 158 Å². The highest BCUT2D eigenvalue weighted by Gasteiger charge is 2.14. The van der Waals surface area contributed by atoms with Gasteiger partial charge in [-0.05, 0) is 66.7 Å². The van der Waals surface area contributed by atoms with Crippen LogP contribution < -0.4 is 0 Å². The molecule has 6 rings (SSSR count). The molecule has 6 aromatic rings. The van der Waals surface area contributed by atoms with E-state index in [1.165, 1.54) is 0 Å². The van der Waals surface area contributed by atoms with Crippen molar-refractivity contribution in [3.05, 3.63) is 213 Å². The molecular weight excluding hydrogens is 553 g/mol. The molecule has 0 heteroatoms. The summed E-state index contributed by atoms with van der Waals surface area (Å²) < 4.78 is 0. The van der Waals surface area contributed by atoms with Gasteiger partial charge < -0.3 is 0 Å². The molecule has 0 spiro atoms. The van der Waals surface area contributed by atoms with Crippen molar-refractivity contribution < 1.29 is 0 Å². The first-order chi connectivity index (χ1) is 22.8. The summed E-state index contributed by atoms with van der Waals surface area (Å²) in [5, 5.41) is 0. The maximum absolute atomic E-state index is 3.46. The maximum atomic E-state index is 3.46. The van der Waals surface area contributed by atoms with Crippen LogP contribution in [0.1, 0.15) is 55.6 Å². The largest absolute Gasteiger partial charge is 0.0622 e. The van der Waals surface area contributed by atoms with Gasteiger partial charge in [-0.1, -0.05) is 150 Å². The highest BCUT2D eigenvalue weighted by Crippen LogP contribution is 2.23. The van der Waals surface area contributed by atoms with E-state index < -0.39 is 0 Å². The fourth-order valence-electron chi connectivity index (χ4n) is 4.56. The summed E-state index contributed by atoms with van der Waals surface area (Å²) in [4.78, 5) is 0. The van der Waals surface area contributed by atoms with Crippen molar-refractivity contribution in [2.45, 2.75) is 0 Å². The lowest BCUT2D eigenvalue weighted by Gasteiger charge is -2.09. The summed E-state index contributed by atoms with van der Waals surface area (Å²) in [5.74, 6) is 33.9. The minimum absolute atomic E-state index is 0.702. The second-order valence-corrected chi connectivity index (χ2v) is 10.2. The molecule has 0 heterocycles. The molecule has 0 saturated heterocycles. The fourth-order valence-corrected chi connectivity index (χ4v) is 4.56. The summed E-state index contributed by atoms with van der Waals surface area (Å²) in [6, 6.07) is 51.7. The molecule has 0 aliphatic rings. The van der Waals surface area contributed by atoms with E-state index in [0.717, 1.165) is 50.1 Å². The van der Waals surface area contributed by atoms with Gasteiger partial charge in [0.15, 0.2) is 0 Å². The molecule has 0 atom stereocenters. The van der Waals surface area contributed by atoms with Crippen molar-refractivity contribution >= 4 is 0 Å². The maximum Gasteiger partial charge on any atom is 0.0587 e. The van der Waals surface area contributed by atoms with Gasteiger partial charge in [0, 0.05) is 38.9 Å². The topological polar surface area (TPSA) is 0 Å². The third-order valence-electron chi connectivity index (χ3n) is 6.87. The first-order valence-electron chi connectivity index (χ1n) is 14.9. The Kier molecular flexibility index (Phi) is 9.54. The van der Waals surface area contributed by atoms with Crippen molar-refractivity contribution in [1.82, 2.24) is 0 Å². The van der Waals surface area contributed by atoms with Crippen molar-refractivity contribution in [2.24, 2.45) is 0 Å². The van der Waals surface area contributed by atoms with Crippen LogP contribution in [0, 0.1) is 59.2 Å². The van der Waals surface area contributed by atoms with Crippen LogP contribution in [0.4, 0.5) is 0 Å². The predicted molar refractivity (Wildman–Crippen MR) is 189 cm³/mol. The Morgan fingerprint density at radius 3 is 0.739 bits per heavy atom. The fraction of sp³-hybridized carbons (Fsp3) is 0. The van der Waals surface area contributed by atoms with Crippen LogP contribution in [0.3, 0.4) is 0 Å². The zero-order valence-corrected chi connectivity index (χ0v) is 25.0. The molecule has 0 N–H and O–H groups in total. The van der Waals surface area contributed by atoms with Gasteiger partial charge in [-0.25, -0.2) is 0 Å². The highest BCUT2D eigenvalue weighted by atomic mass is 14.1. The van der Waals surface area contributed by atoms with Crippen molar-refractivity contribution in [3.8, 4) is 59.2 Å². The third-order valence-corrected chi connectivity index (χ3v) is 6.87. The van der Waals surface area contributed by atoms with Crippen LogP contribution in [0.25, 0.3) is 0 Å². The molecule has 210 valence electrons. The van der Waals surface area contributed by atoms with E-state index in [4.69, 9.17) is 0 Å². The minimum Gasteiger partial charge on any atom is -0.0622 e. The van der Waals surface area contributed by atoms with Gasteiger partial charge in [0.25, 0.3) is 0 Å². The van der Waals surface area contributed by atoms with E-state index >= 15 is 0 Å². The van der Waals surface area contributed by atoms with Gasteiger partial charge in [-0.3, -0.25) is 0 Å². The molecular formula is C46H26. The summed E-state index contributed by atoms with van der Waals surface area (Å²) >= 11 is 0. The molecule has 0 saturated carbocycles. The van der Waals surface area contributed by atoms with Gasteiger partial charge in [0.1, 0.15) is 0 Å². The molecule has 0 aromatic heterocycles. The van der Waals surface area contributed by atoms with E-state index in [1.54, 1.807) is 0 Å². The minimum atomic E-state index is 0.702. The average Bonchev–Trinajstić information content (AvgIpc) is 3.13. The zero-order chi connectivity index (χ0) is 31.2. The van der Waals surface area contributed by atoms with Crippen LogP contribution in [-0.4, -0.2) is 0 Å². The predicted octanol–water partition coefficient (Wildman–Crippen LogP) is 8.69. The van der Waals surface area contributed by atoms with Gasteiger partial charge in [0.2, 0.25) is 0 Å². The number of rotatable bonds is 0. The normalized spacial score (nSPS) is 9.30. The summed E-state index contributed by atoms with van der Waals surface area (Å²) in [5.41, 5.74) is 8.14. The van der Waals surface area contributed by atoms with E-state index in [0.29, 0.717) is 5.56 Å². The number of benzene rings is 6. The Morgan fingerprint density at radius 2 is 0.457 bits per heavy atom. The van der Waals surface area contributed by atoms with Crippen molar-refractivity contribution in [2.75, 3.05) is 0 Å². The Hall–Kier alpha value is -6.88. The van der Waals surface area contributed by atoms with Gasteiger partial charge >= 0.3 is 0 Å². The Bertz CT molecular complexity index is 2140. The van der Waals surface area contributed by atoms with Gasteiger partial charge in [-0.15, -0.1) is 0 Å². The number of hydrogen-bond acceptors (Lipinski definition) is 0. The van der Waals surface area contributed by atoms with Gasteiger partial charge in [0.05, 0.1) is 16.7 Å². The average molecular weight is 579 g/mol. The Balaban J connectivity index is 1.67. The molecule has 46 heavy (non-hydrogen) atoms. The van der Waals surface area contributed by atoms with Crippen LogP contribution in [0.15, 0.2) is 158 Å². The molecule has 0 amide bonds. The molecule has 0 nitrogen and oxygen atoms in total. The first-order valence-corrected chi connectivity index (χ1v) is 14.9. The second kappa shape index (κ2) is 15.0. The summed E-state index contributed by atoms with van der Waals surface area (Å²) in [7, 11) is 0. The molecule has 0 unspecified atom stereocenters. The molecule has 0 bridgehead atoms. The highest BCUT2D eigenvalue weighted by molar-refractivity contribution is 5.72. The van der Waals surface area contributed by atoms with Crippen LogP contribution >= 0.6 is 0 Å². The molecule has 0 fully saturated rings. The van der Waals surface area contributed by atoms with E-state index in [-0.39, 0.29) is 0 Å². The Morgan fingerprint density at radius 1 is 0.217 bits per heavy atom. The van der Waals surface area contributed by atoms with E-state index in [2.05, 4.69) is 59.2 Å². The zero-order valence-electron chi connectivity index (χ0n) is 25.0. The van der Waals surface area contributed by atoms with Crippen LogP contribution in [0.5, 0.6) is 0 Å². The van der Waals surface area contributed by atoms with Gasteiger partial charge in [-0.2, -0.15) is 0 Å². The molecule has 6 aromatic carbocycles. The lowest BCUT2D eigenvalue weighted by atomic mass is 9.91. The lowest BCUT2D eigenvalue weighted by molar-refractivity contribution is 1.46. The van der Waals surface area contributed by atoms with Crippen LogP contribution in [-0.2, 0) is 0 Å². The monoisotopic (exact) mass is 578 g/mol. The first kappa shape index (κ1) is 29.2. The molecule has 0 aliphatic carbocycles. The summed E-state index contributed by atoms with van der Waals surface area (Å²) in [6.07, 6.45) is 0.